The number of amides is 1. The number of rotatable bonds is 7. The van der Waals surface area contributed by atoms with Crippen LogP contribution in [0.5, 0.6) is 0 Å². The van der Waals surface area contributed by atoms with E-state index in [0.29, 0.717) is 11.7 Å². The Kier molecular flexibility index (Phi) is 6.47. The summed E-state index contributed by atoms with van der Waals surface area (Å²) in [6.45, 7) is 3.82. The van der Waals surface area contributed by atoms with Crippen LogP contribution < -0.4 is 4.90 Å². The number of aromatic nitrogens is 1. The second-order valence-corrected chi connectivity index (χ2v) is 8.21. The van der Waals surface area contributed by atoms with Gasteiger partial charge in [-0.3, -0.25) is 14.5 Å². The molecule has 0 aliphatic carbocycles. The maximum Gasteiger partial charge on any atom is 0.319 e. The molecule has 0 N–H and O–H groups in total. The number of carbonyl (C=O) groups is 2. The normalized spacial score (nSPS) is 11.9. The number of hydrogen-bond acceptors (Lipinski definition) is 6. The van der Waals surface area contributed by atoms with Gasteiger partial charge in [0.05, 0.1) is 10.2 Å². The van der Waals surface area contributed by atoms with Crippen LogP contribution in [-0.4, -0.2) is 35.3 Å². The highest BCUT2D eigenvalue weighted by Gasteiger charge is 2.22. The number of para-hydroxylation sites is 1. The van der Waals surface area contributed by atoms with Crippen molar-refractivity contribution in [3.8, 4) is 0 Å². The van der Waals surface area contributed by atoms with E-state index in [9.17, 15) is 9.59 Å². The SMILES string of the molecule is CCN(C(=O)COC(=O)C(C)Sc1ccccc1)c1nc2ccccc2s1. The van der Waals surface area contributed by atoms with Crippen LogP contribution in [0.1, 0.15) is 13.8 Å². The van der Waals surface area contributed by atoms with Crippen LogP contribution in [0.4, 0.5) is 5.13 Å². The fraction of sp³-hybridized carbons (Fsp3) is 0.250. The van der Waals surface area contributed by atoms with Crippen molar-refractivity contribution in [1.29, 1.82) is 0 Å². The van der Waals surface area contributed by atoms with Gasteiger partial charge >= 0.3 is 5.97 Å². The van der Waals surface area contributed by atoms with Gasteiger partial charge in [0.2, 0.25) is 0 Å². The Balaban J connectivity index is 1.58. The molecule has 1 atom stereocenters. The first-order chi connectivity index (χ1) is 13.1. The van der Waals surface area contributed by atoms with E-state index in [1.54, 1.807) is 11.8 Å². The summed E-state index contributed by atoms with van der Waals surface area (Å²) in [4.78, 5) is 31.8. The van der Waals surface area contributed by atoms with Crippen molar-refractivity contribution in [1.82, 2.24) is 4.98 Å². The van der Waals surface area contributed by atoms with Crippen LogP contribution in [0, 0.1) is 0 Å². The molecular weight excluding hydrogens is 380 g/mol. The number of thioether (sulfide) groups is 1. The topological polar surface area (TPSA) is 59.5 Å². The number of nitrogens with zero attached hydrogens (tertiary/aromatic N) is 2. The van der Waals surface area contributed by atoms with E-state index >= 15 is 0 Å². The van der Waals surface area contributed by atoms with Gasteiger partial charge in [0, 0.05) is 11.4 Å². The number of benzene rings is 2. The molecule has 0 bridgehead atoms. The highest BCUT2D eigenvalue weighted by Crippen LogP contribution is 2.28. The van der Waals surface area contributed by atoms with Crippen molar-refractivity contribution in [2.45, 2.75) is 24.0 Å². The average molecular weight is 401 g/mol. The van der Waals surface area contributed by atoms with Gasteiger partial charge < -0.3 is 4.74 Å². The van der Waals surface area contributed by atoms with E-state index in [1.807, 2.05) is 61.5 Å². The number of thiazole rings is 1. The van der Waals surface area contributed by atoms with Gasteiger partial charge in [-0.2, -0.15) is 0 Å². The first-order valence-electron chi connectivity index (χ1n) is 8.62. The van der Waals surface area contributed by atoms with Gasteiger partial charge in [-0.15, -0.1) is 11.8 Å². The highest BCUT2D eigenvalue weighted by molar-refractivity contribution is 8.00. The lowest BCUT2D eigenvalue weighted by Gasteiger charge is -2.18. The molecule has 0 saturated carbocycles. The van der Waals surface area contributed by atoms with E-state index < -0.39 is 11.2 Å². The molecular formula is C20H20N2O3S2. The predicted molar refractivity (Wildman–Crippen MR) is 110 cm³/mol. The van der Waals surface area contributed by atoms with E-state index in [0.717, 1.165) is 15.1 Å². The van der Waals surface area contributed by atoms with Crippen molar-refractivity contribution in [3.05, 3.63) is 54.6 Å². The molecule has 1 unspecified atom stereocenters. The Morgan fingerprint density at radius 2 is 1.85 bits per heavy atom. The third-order valence-corrected chi connectivity index (χ3v) is 6.01. The number of esters is 1. The zero-order chi connectivity index (χ0) is 19.2. The number of ether oxygens (including phenoxy) is 1. The van der Waals surface area contributed by atoms with E-state index in [1.165, 1.54) is 23.1 Å². The maximum absolute atomic E-state index is 12.5. The Hall–Kier alpha value is -2.38. The quantitative estimate of drug-likeness (QED) is 0.435. The Morgan fingerprint density at radius 3 is 2.56 bits per heavy atom. The summed E-state index contributed by atoms with van der Waals surface area (Å²) < 4.78 is 6.26. The second kappa shape index (κ2) is 9.01. The summed E-state index contributed by atoms with van der Waals surface area (Å²) in [5, 5.41) is 0.226. The van der Waals surface area contributed by atoms with Crippen molar-refractivity contribution in [3.63, 3.8) is 0 Å². The zero-order valence-electron chi connectivity index (χ0n) is 15.1. The van der Waals surface area contributed by atoms with Crippen molar-refractivity contribution >= 4 is 50.3 Å². The number of fused-ring (bicyclic) bond motifs is 1. The van der Waals surface area contributed by atoms with Gasteiger partial charge in [-0.1, -0.05) is 41.7 Å². The Bertz CT molecular complexity index is 894. The van der Waals surface area contributed by atoms with Crippen LogP contribution >= 0.6 is 23.1 Å². The average Bonchev–Trinajstić information content (AvgIpc) is 3.11. The third kappa shape index (κ3) is 4.87. The highest BCUT2D eigenvalue weighted by atomic mass is 32.2. The number of likely N-dealkylation sites (N-methyl/N-ethyl adjacent to an activating group) is 1. The third-order valence-electron chi connectivity index (χ3n) is 3.86. The summed E-state index contributed by atoms with van der Waals surface area (Å²) >= 11 is 2.86. The molecule has 0 saturated heterocycles. The molecule has 3 aromatic rings. The van der Waals surface area contributed by atoms with Gasteiger partial charge in [-0.25, -0.2) is 4.98 Å². The molecule has 140 valence electrons. The van der Waals surface area contributed by atoms with E-state index in [-0.39, 0.29) is 12.5 Å². The lowest BCUT2D eigenvalue weighted by molar-refractivity contribution is -0.146. The maximum atomic E-state index is 12.5. The molecule has 0 spiro atoms. The molecule has 1 heterocycles. The van der Waals surface area contributed by atoms with Gasteiger partial charge in [0.15, 0.2) is 11.7 Å². The monoisotopic (exact) mass is 400 g/mol. The van der Waals surface area contributed by atoms with E-state index in [4.69, 9.17) is 4.74 Å². The van der Waals surface area contributed by atoms with Crippen molar-refractivity contribution in [2.75, 3.05) is 18.1 Å². The molecule has 0 fully saturated rings. The Labute approximate surface area is 166 Å². The molecule has 27 heavy (non-hydrogen) atoms. The summed E-state index contributed by atoms with van der Waals surface area (Å²) in [6.07, 6.45) is 0. The van der Waals surface area contributed by atoms with Crippen LogP contribution in [0.3, 0.4) is 0 Å². The standard InChI is InChI=1S/C20H20N2O3S2/c1-3-22(20-21-16-11-7-8-12-17(16)27-20)18(23)13-25-19(24)14(2)26-15-9-5-4-6-10-15/h4-12,14H,3,13H2,1-2H3. The minimum absolute atomic E-state index is 0.276. The summed E-state index contributed by atoms with van der Waals surface area (Å²) in [6, 6.07) is 17.4. The fourth-order valence-corrected chi connectivity index (χ4v) is 4.41. The van der Waals surface area contributed by atoms with Crippen molar-refractivity contribution < 1.29 is 14.3 Å². The zero-order valence-corrected chi connectivity index (χ0v) is 16.8. The molecule has 0 radical (unpaired) electrons. The van der Waals surface area contributed by atoms with Gasteiger partial charge in [0.1, 0.15) is 5.25 Å². The first kappa shape index (κ1) is 19.4. The lowest BCUT2D eigenvalue weighted by atomic mass is 10.3. The van der Waals surface area contributed by atoms with Gasteiger partial charge in [0.25, 0.3) is 5.91 Å². The van der Waals surface area contributed by atoms with Crippen LogP contribution in [0.25, 0.3) is 10.2 Å². The predicted octanol–water partition coefficient (Wildman–Crippen LogP) is 4.37. The largest absolute Gasteiger partial charge is 0.455 e. The summed E-state index contributed by atoms with van der Waals surface area (Å²) in [5.74, 6) is -0.681. The second-order valence-electron chi connectivity index (χ2n) is 5.78. The summed E-state index contributed by atoms with van der Waals surface area (Å²) in [5.41, 5.74) is 0.855. The number of anilines is 1. The molecule has 0 aliphatic heterocycles. The lowest BCUT2D eigenvalue weighted by Crippen LogP contribution is -2.35. The molecule has 3 rings (SSSR count). The smallest absolute Gasteiger partial charge is 0.319 e. The number of hydrogen-bond donors (Lipinski definition) is 0. The molecule has 7 heteroatoms. The Morgan fingerprint density at radius 1 is 1.15 bits per heavy atom. The molecule has 1 amide bonds. The first-order valence-corrected chi connectivity index (χ1v) is 10.3. The minimum Gasteiger partial charge on any atom is -0.455 e. The fourth-order valence-electron chi connectivity index (χ4n) is 2.47. The van der Waals surface area contributed by atoms with Crippen LogP contribution in [0.2, 0.25) is 0 Å². The molecule has 2 aromatic carbocycles. The minimum atomic E-state index is -0.405. The van der Waals surface area contributed by atoms with Crippen molar-refractivity contribution in [2.24, 2.45) is 0 Å². The van der Waals surface area contributed by atoms with Crippen LogP contribution in [-0.2, 0) is 14.3 Å². The molecule has 0 aliphatic rings. The van der Waals surface area contributed by atoms with Gasteiger partial charge in [-0.05, 0) is 38.1 Å². The molecule has 5 nitrogen and oxygen atoms in total. The van der Waals surface area contributed by atoms with E-state index in [2.05, 4.69) is 4.98 Å². The number of carbonyl (C=O) groups excluding carboxylic acids is 2. The summed E-state index contributed by atoms with van der Waals surface area (Å²) in [7, 11) is 0. The van der Waals surface area contributed by atoms with Crippen LogP contribution in [0.15, 0.2) is 59.5 Å². The molecule has 1 aromatic heterocycles.